The van der Waals surface area contributed by atoms with E-state index in [2.05, 4.69) is 233 Å². The van der Waals surface area contributed by atoms with Gasteiger partial charge in [0.25, 0.3) is 0 Å². The first-order chi connectivity index (χ1) is 33.7. The van der Waals surface area contributed by atoms with Gasteiger partial charge < -0.3 is 4.74 Å². The van der Waals surface area contributed by atoms with Crippen LogP contribution in [0.3, 0.4) is 0 Å². The third-order valence-corrected chi connectivity index (χ3v) is 11.6. The Bertz CT molecular complexity index is 1960. The van der Waals surface area contributed by atoms with E-state index in [1.54, 1.807) is 7.11 Å². The molecule has 70 heavy (non-hydrogen) atoms. The molecule has 0 aliphatic rings. The minimum absolute atomic E-state index is 0.699. The van der Waals surface area contributed by atoms with Crippen molar-refractivity contribution in [2.45, 2.75) is 189 Å². The van der Waals surface area contributed by atoms with Gasteiger partial charge in [0.15, 0.2) is 0 Å². The van der Waals surface area contributed by atoms with Gasteiger partial charge in [-0.3, -0.25) is 0 Å². The van der Waals surface area contributed by atoms with Crippen molar-refractivity contribution in [3.8, 4) is 16.9 Å². The molecule has 0 fully saturated rings. The minimum Gasteiger partial charge on any atom is -0.496 e. The Hall–Kier alpha value is -5.14. The summed E-state index contributed by atoms with van der Waals surface area (Å²) in [5, 5.41) is 0. The van der Waals surface area contributed by atoms with Crippen LogP contribution in [0.5, 0.6) is 5.75 Å². The molecule has 1 nitrogen and oxygen atoms in total. The summed E-state index contributed by atoms with van der Waals surface area (Å²) in [6.45, 7) is 42.4. The Morgan fingerprint density at radius 1 is 0.486 bits per heavy atom. The monoisotopic (exact) mass is 951 g/mol. The SMILES string of the molecule is C=CC(C)CC.CC.CCC(C)C.CCCC.CCCCc1cc(CC)c(OC)c(-c2ccccc2)c1.CCc1ccccc1.CCc1ccccc1.Cc1cc(C)c(C)c(C)c1.Cc1ccccc1. The van der Waals surface area contributed by atoms with E-state index in [0.717, 1.165) is 37.4 Å². The second-order valence-corrected chi connectivity index (χ2v) is 17.9. The van der Waals surface area contributed by atoms with Crippen molar-refractivity contribution in [1.82, 2.24) is 0 Å². The third kappa shape index (κ3) is 35.9. The van der Waals surface area contributed by atoms with Crippen molar-refractivity contribution < 1.29 is 4.74 Å². The summed E-state index contributed by atoms with van der Waals surface area (Å²) in [4.78, 5) is 0. The van der Waals surface area contributed by atoms with E-state index in [1.165, 1.54) is 99.7 Å². The molecular weight excluding hydrogens is 845 g/mol. The van der Waals surface area contributed by atoms with Gasteiger partial charge in [-0.1, -0.05) is 279 Å². The number of benzene rings is 6. The summed E-state index contributed by atoms with van der Waals surface area (Å²) in [6.07, 6.45) is 14.0. The largest absolute Gasteiger partial charge is 0.496 e. The second kappa shape index (κ2) is 47.5. The van der Waals surface area contributed by atoms with Crippen molar-refractivity contribution in [1.29, 1.82) is 0 Å². The van der Waals surface area contributed by atoms with E-state index in [4.69, 9.17) is 4.74 Å². The normalized spacial score (nSPS) is 9.77. The highest BCUT2D eigenvalue weighted by Gasteiger charge is 2.12. The fourth-order valence-corrected chi connectivity index (χ4v) is 6.00. The van der Waals surface area contributed by atoms with E-state index in [9.17, 15) is 0 Å². The average Bonchev–Trinajstić information content (AvgIpc) is 3.41. The highest BCUT2D eigenvalue weighted by molar-refractivity contribution is 5.73. The Balaban J connectivity index is -0.000000774. The van der Waals surface area contributed by atoms with Gasteiger partial charge in [-0.05, 0) is 129 Å². The molecule has 0 saturated heterocycles. The summed E-state index contributed by atoms with van der Waals surface area (Å²) in [5.74, 6) is 2.61. The van der Waals surface area contributed by atoms with Crippen molar-refractivity contribution in [3.05, 3.63) is 208 Å². The lowest BCUT2D eigenvalue weighted by Crippen LogP contribution is -1.97. The fourth-order valence-electron chi connectivity index (χ4n) is 6.00. The lowest BCUT2D eigenvalue weighted by Gasteiger charge is -2.15. The van der Waals surface area contributed by atoms with Crippen LogP contribution >= 0.6 is 0 Å². The number of methoxy groups -OCH3 is 1. The topological polar surface area (TPSA) is 9.23 Å². The zero-order chi connectivity index (χ0) is 53.5. The van der Waals surface area contributed by atoms with Crippen LogP contribution in [0, 0.1) is 46.5 Å². The quantitative estimate of drug-likeness (QED) is 0.111. The number of aryl methyl sites for hydroxylation is 8. The summed E-state index contributed by atoms with van der Waals surface area (Å²) >= 11 is 0. The number of rotatable bonds is 12. The van der Waals surface area contributed by atoms with E-state index in [0.29, 0.717) is 5.92 Å². The molecule has 1 heteroatoms. The standard InChI is InChI=1S/C19H24O.C10H14.2C8H10.C7H8.C6H12.C5H12.C4H10.C2H6/c1-4-6-10-15-13-16(5-2)19(20-3)18(14-15)17-11-8-7-9-12-17;1-7-5-8(2)10(4)9(3)6-7;2*1-2-8-6-4-3-5-7-8;1-7-5-3-2-4-6-7;1-4-6(3)5-2;1-4-5(2)3;1-3-4-2;1-2/h7-9,11-14H,4-6,10H2,1-3H3;5-6H,1-4H3;2*3-7H,2H2,1H3;2-6H,1H3;4,6H,1,5H2,2-3H3;5H,4H2,1-3H3;3-4H2,1-2H3;1-2H3. The van der Waals surface area contributed by atoms with Crippen molar-refractivity contribution in [3.63, 3.8) is 0 Å². The number of unbranched alkanes of at least 4 members (excludes halogenated alkanes) is 2. The van der Waals surface area contributed by atoms with Gasteiger partial charge in [0.2, 0.25) is 0 Å². The fraction of sp³-hybridized carbons (Fsp3) is 0.449. The summed E-state index contributed by atoms with van der Waals surface area (Å²) < 4.78 is 5.68. The molecule has 6 rings (SSSR count). The Kier molecular flexibility index (Phi) is 46.9. The molecule has 0 bridgehead atoms. The highest BCUT2D eigenvalue weighted by atomic mass is 16.5. The summed E-state index contributed by atoms with van der Waals surface area (Å²) in [5.41, 5.74) is 14.9. The molecule has 6 aromatic carbocycles. The van der Waals surface area contributed by atoms with E-state index < -0.39 is 0 Å². The van der Waals surface area contributed by atoms with Crippen LogP contribution < -0.4 is 4.74 Å². The van der Waals surface area contributed by atoms with Crippen molar-refractivity contribution in [2.24, 2.45) is 11.8 Å². The molecule has 388 valence electrons. The maximum absolute atomic E-state index is 5.68. The molecule has 0 spiro atoms. The summed E-state index contributed by atoms with van der Waals surface area (Å²) in [6, 6.07) is 50.7. The van der Waals surface area contributed by atoms with Crippen LogP contribution in [-0.4, -0.2) is 7.11 Å². The molecule has 0 radical (unpaired) electrons. The van der Waals surface area contributed by atoms with Crippen LogP contribution in [0.25, 0.3) is 11.1 Å². The van der Waals surface area contributed by atoms with Gasteiger partial charge in [-0.2, -0.15) is 0 Å². The number of hydrogen-bond acceptors (Lipinski definition) is 1. The number of hydrogen-bond donors (Lipinski definition) is 0. The Morgan fingerprint density at radius 3 is 1.17 bits per heavy atom. The van der Waals surface area contributed by atoms with Gasteiger partial charge in [-0.25, -0.2) is 0 Å². The molecule has 0 aliphatic heterocycles. The zero-order valence-electron chi connectivity index (χ0n) is 48.8. The van der Waals surface area contributed by atoms with Crippen LogP contribution in [-0.2, 0) is 25.7 Å². The molecule has 0 saturated carbocycles. The maximum atomic E-state index is 5.68. The minimum atomic E-state index is 0.699. The first-order valence-electron chi connectivity index (χ1n) is 27.2. The van der Waals surface area contributed by atoms with Gasteiger partial charge in [0.05, 0.1) is 7.11 Å². The van der Waals surface area contributed by atoms with Crippen LogP contribution in [0.15, 0.2) is 158 Å². The predicted molar refractivity (Wildman–Crippen MR) is 321 cm³/mol. The zero-order valence-corrected chi connectivity index (χ0v) is 48.8. The van der Waals surface area contributed by atoms with Crippen molar-refractivity contribution >= 4 is 0 Å². The van der Waals surface area contributed by atoms with E-state index in [-0.39, 0.29) is 0 Å². The smallest absolute Gasteiger partial charge is 0.129 e. The highest BCUT2D eigenvalue weighted by Crippen LogP contribution is 2.35. The van der Waals surface area contributed by atoms with Gasteiger partial charge in [0, 0.05) is 5.56 Å². The molecule has 0 heterocycles. The molecule has 1 atom stereocenters. The van der Waals surface area contributed by atoms with Crippen LogP contribution in [0.2, 0.25) is 0 Å². The van der Waals surface area contributed by atoms with E-state index >= 15 is 0 Å². The first-order valence-corrected chi connectivity index (χ1v) is 27.2. The van der Waals surface area contributed by atoms with Gasteiger partial charge in [0.1, 0.15) is 5.75 Å². The lowest BCUT2D eigenvalue weighted by atomic mass is 9.95. The van der Waals surface area contributed by atoms with Crippen LogP contribution in [0.4, 0.5) is 0 Å². The molecular formula is C69H106O. The molecule has 0 amide bonds. The lowest BCUT2D eigenvalue weighted by molar-refractivity contribution is 0.411. The molecule has 6 aromatic rings. The molecule has 0 N–H and O–H groups in total. The van der Waals surface area contributed by atoms with Crippen LogP contribution in [0.1, 0.15) is 179 Å². The first kappa shape index (κ1) is 69.1. The predicted octanol–water partition coefficient (Wildman–Crippen LogP) is 21.8. The number of ether oxygens (including phenoxy) is 1. The Morgan fingerprint density at radius 2 is 0.900 bits per heavy atom. The van der Waals surface area contributed by atoms with Gasteiger partial charge >= 0.3 is 0 Å². The van der Waals surface area contributed by atoms with E-state index in [1.807, 2.05) is 50.3 Å². The third-order valence-electron chi connectivity index (χ3n) is 11.6. The van der Waals surface area contributed by atoms with Crippen molar-refractivity contribution in [2.75, 3.05) is 7.11 Å². The molecule has 0 aliphatic carbocycles. The average molecular weight is 952 g/mol. The summed E-state index contributed by atoms with van der Waals surface area (Å²) in [7, 11) is 1.77. The second-order valence-electron chi connectivity index (χ2n) is 17.9. The molecule has 0 aromatic heterocycles. The maximum Gasteiger partial charge on any atom is 0.129 e. The number of allylic oxidation sites excluding steroid dienone is 1. The van der Waals surface area contributed by atoms with Gasteiger partial charge in [-0.15, -0.1) is 6.58 Å². The Labute approximate surface area is 435 Å². The molecule has 1 unspecified atom stereocenters.